The standard InChI is InChI=1S/C31H51BN4O6/c1-27(2,3)32-22(35-26(41)42-28(4,5)6)25(40)36-17-31(29(7,8)30(31)13-10-14-30)16-20(36)24(39)34-19(21(37)23(33)38)15-18-11-9-12-18/h18-20,22,32H,9-17H2,1-8H3,(H2,33,38)(H,34,39)(H,35,41)/t19?,20?,22?,31-/m1/s1. The number of Topliss-reactive ketones (excluding diaryl/α,β-unsaturated/α-hetero) is 1. The highest BCUT2D eigenvalue weighted by Gasteiger charge is 2.85. The topological polar surface area (TPSA) is 148 Å². The average molecular weight is 587 g/mol. The van der Waals surface area contributed by atoms with Crippen molar-refractivity contribution in [3.63, 3.8) is 0 Å². The molecular formula is C31H51BN4O6. The number of amides is 4. The number of primary amides is 1. The molecule has 2 spiro atoms. The Bertz CT molecular complexity index is 1130. The van der Waals surface area contributed by atoms with Crippen LogP contribution in [0.1, 0.15) is 107 Å². The van der Waals surface area contributed by atoms with Gasteiger partial charge in [-0.25, -0.2) is 4.79 Å². The Morgan fingerprint density at radius 3 is 2.02 bits per heavy atom. The van der Waals surface area contributed by atoms with E-state index in [1.165, 1.54) is 0 Å². The summed E-state index contributed by atoms with van der Waals surface area (Å²) in [6, 6.07) is -1.84. The molecule has 3 aliphatic carbocycles. The second-order valence-electron chi connectivity index (χ2n) is 16.1. The molecule has 0 aromatic heterocycles. The second kappa shape index (κ2) is 10.8. The maximum absolute atomic E-state index is 14.4. The molecule has 0 aromatic carbocycles. The molecular weight excluding hydrogens is 535 g/mol. The van der Waals surface area contributed by atoms with Gasteiger partial charge in [0.05, 0.1) is 12.0 Å². The maximum Gasteiger partial charge on any atom is 0.407 e. The van der Waals surface area contributed by atoms with Gasteiger partial charge in [-0.05, 0) is 63.2 Å². The van der Waals surface area contributed by atoms with Crippen LogP contribution in [0.25, 0.3) is 0 Å². The molecule has 0 aromatic rings. The number of likely N-dealkylation sites (tertiary alicyclic amines) is 1. The van der Waals surface area contributed by atoms with Crippen LogP contribution >= 0.6 is 0 Å². The molecule has 4 atom stereocenters. The van der Waals surface area contributed by atoms with Crippen LogP contribution in [0.3, 0.4) is 0 Å². The molecule has 4 amide bonds. The zero-order valence-corrected chi connectivity index (χ0v) is 26.9. The Morgan fingerprint density at radius 2 is 1.60 bits per heavy atom. The van der Waals surface area contributed by atoms with Crippen molar-refractivity contribution in [2.45, 2.75) is 136 Å². The first-order chi connectivity index (χ1) is 19.2. The monoisotopic (exact) mass is 586 g/mol. The van der Waals surface area contributed by atoms with E-state index in [0.717, 1.165) is 38.5 Å². The van der Waals surface area contributed by atoms with Gasteiger partial charge in [0.2, 0.25) is 17.6 Å². The van der Waals surface area contributed by atoms with E-state index in [4.69, 9.17) is 10.5 Å². The minimum atomic E-state index is -1.07. The highest BCUT2D eigenvalue weighted by molar-refractivity contribution is 6.48. The molecule has 0 bridgehead atoms. The Labute approximate surface area is 251 Å². The van der Waals surface area contributed by atoms with Crippen molar-refractivity contribution in [2.75, 3.05) is 6.54 Å². The zero-order chi connectivity index (χ0) is 31.5. The summed E-state index contributed by atoms with van der Waals surface area (Å²) in [5, 5.41) is 5.34. The molecule has 4 rings (SSSR count). The van der Waals surface area contributed by atoms with E-state index in [-0.39, 0.29) is 33.4 Å². The Hall–Kier alpha value is -2.59. The first-order valence-corrected chi connectivity index (χ1v) is 15.7. The van der Waals surface area contributed by atoms with Crippen LogP contribution in [0.2, 0.25) is 5.31 Å². The number of hydrogen-bond acceptors (Lipinski definition) is 6. The van der Waals surface area contributed by atoms with Gasteiger partial charge in [0, 0.05) is 12.0 Å². The zero-order valence-electron chi connectivity index (χ0n) is 26.9. The lowest BCUT2D eigenvalue weighted by molar-refractivity contribution is -0.141. The highest BCUT2D eigenvalue weighted by atomic mass is 16.6. The summed E-state index contributed by atoms with van der Waals surface area (Å²) in [5.74, 6) is -3.30. The number of alkyl carbamates (subject to hydrolysis) is 1. The number of rotatable bonds is 9. The number of nitrogens with one attached hydrogen (secondary N) is 2. The number of nitrogens with zero attached hydrogens (tertiary/aromatic N) is 1. The van der Waals surface area contributed by atoms with Crippen LogP contribution in [0.15, 0.2) is 0 Å². The van der Waals surface area contributed by atoms with Gasteiger partial charge in [0.15, 0.2) is 7.28 Å². The third-order valence-corrected chi connectivity index (χ3v) is 10.9. The minimum Gasteiger partial charge on any atom is -0.444 e. The molecule has 42 heavy (non-hydrogen) atoms. The van der Waals surface area contributed by atoms with Crippen molar-refractivity contribution >= 4 is 36.9 Å². The summed E-state index contributed by atoms with van der Waals surface area (Å²) in [6.07, 6.45) is 6.34. The smallest absolute Gasteiger partial charge is 0.407 e. The van der Waals surface area contributed by atoms with Crippen LogP contribution in [-0.2, 0) is 23.9 Å². The lowest BCUT2D eigenvalue weighted by Gasteiger charge is -2.33. The third-order valence-electron chi connectivity index (χ3n) is 10.9. The second-order valence-corrected chi connectivity index (χ2v) is 16.1. The number of carbonyl (C=O) groups excluding carboxylic acids is 5. The van der Waals surface area contributed by atoms with Gasteiger partial charge < -0.3 is 26.0 Å². The largest absolute Gasteiger partial charge is 0.444 e. The first-order valence-electron chi connectivity index (χ1n) is 15.7. The minimum absolute atomic E-state index is 0.0572. The Kier molecular flexibility index (Phi) is 8.35. The molecule has 4 fully saturated rings. The predicted molar refractivity (Wildman–Crippen MR) is 161 cm³/mol. The lowest BCUT2D eigenvalue weighted by Crippen LogP contribution is -2.58. The van der Waals surface area contributed by atoms with E-state index < -0.39 is 47.3 Å². The molecule has 1 saturated heterocycles. The fourth-order valence-corrected chi connectivity index (χ4v) is 8.26. The van der Waals surface area contributed by atoms with E-state index in [1.54, 1.807) is 25.7 Å². The van der Waals surface area contributed by atoms with Gasteiger partial charge in [-0.15, -0.1) is 0 Å². The van der Waals surface area contributed by atoms with Crippen LogP contribution in [-0.4, -0.2) is 71.9 Å². The van der Waals surface area contributed by atoms with Crippen LogP contribution in [0.5, 0.6) is 0 Å². The third kappa shape index (κ3) is 5.81. The highest BCUT2D eigenvalue weighted by Crippen LogP contribution is 2.88. The number of carbonyl (C=O) groups is 5. The van der Waals surface area contributed by atoms with E-state index >= 15 is 0 Å². The number of ether oxygens (including phenoxy) is 1. The normalized spacial score (nSPS) is 27.3. The molecule has 3 saturated carbocycles. The van der Waals surface area contributed by atoms with Crippen molar-refractivity contribution in [1.82, 2.24) is 15.5 Å². The quantitative estimate of drug-likeness (QED) is 0.280. The van der Waals surface area contributed by atoms with Crippen molar-refractivity contribution in [1.29, 1.82) is 0 Å². The van der Waals surface area contributed by atoms with E-state index in [1.807, 2.05) is 20.8 Å². The number of ketones is 1. The van der Waals surface area contributed by atoms with Gasteiger partial charge in [-0.2, -0.15) is 0 Å². The van der Waals surface area contributed by atoms with Crippen LogP contribution < -0.4 is 16.4 Å². The van der Waals surface area contributed by atoms with Crippen LogP contribution in [0.4, 0.5) is 4.79 Å². The molecule has 4 aliphatic rings. The fourth-order valence-electron chi connectivity index (χ4n) is 8.26. The summed E-state index contributed by atoms with van der Waals surface area (Å²) < 4.78 is 5.49. The van der Waals surface area contributed by atoms with Gasteiger partial charge in [-0.1, -0.05) is 65.6 Å². The van der Waals surface area contributed by atoms with Gasteiger partial charge in [0.1, 0.15) is 11.6 Å². The van der Waals surface area contributed by atoms with Crippen molar-refractivity contribution in [3.05, 3.63) is 0 Å². The molecule has 4 N–H and O–H groups in total. The number of fused-ring (bicyclic) bond motifs is 1. The summed E-state index contributed by atoms with van der Waals surface area (Å²) in [7, 11) is 0.349. The maximum atomic E-state index is 14.4. The average Bonchev–Trinajstić information content (AvgIpc) is 3.02. The molecule has 0 radical (unpaired) electrons. The van der Waals surface area contributed by atoms with E-state index in [2.05, 4.69) is 24.5 Å². The van der Waals surface area contributed by atoms with Crippen LogP contribution in [0, 0.1) is 22.2 Å². The van der Waals surface area contributed by atoms with Gasteiger partial charge >= 0.3 is 6.09 Å². The van der Waals surface area contributed by atoms with Gasteiger partial charge in [-0.3, -0.25) is 19.2 Å². The molecule has 234 valence electrons. The SMILES string of the molecule is CC(C)(C)BC(NC(=O)OC(C)(C)C)C(=O)N1C[C@]2(CC1C(=O)NC(CC1CCC1)C(=O)C(N)=O)C(C)(C)C21CCC1. The molecule has 3 unspecified atom stereocenters. The van der Waals surface area contributed by atoms with E-state index in [9.17, 15) is 24.0 Å². The molecule has 10 nitrogen and oxygen atoms in total. The van der Waals surface area contributed by atoms with Crippen molar-refractivity contribution in [2.24, 2.45) is 27.9 Å². The van der Waals surface area contributed by atoms with Crippen molar-refractivity contribution in [3.8, 4) is 0 Å². The lowest BCUT2D eigenvalue weighted by atomic mass is 9.50. The summed E-state index contributed by atoms with van der Waals surface area (Å²) >= 11 is 0. The Morgan fingerprint density at radius 1 is 0.976 bits per heavy atom. The molecule has 1 heterocycles. The fraction of sp³-hybridized carbons (Fsp3) is 0.839. The first kappa shape index (κ1) is 32.3. The summed E-state index contributed by atoms with van der Waals surface area (Å²) in [4.78, 5) is 67.5. The molecule has 11 heteroatoms. The Balaban J connectivity index is 1.63. The summed E-state index contributed by atoms with van der Waals surface area (Å²) in [6.45, 7) is 16.1. The van der Waals surface area contributed by atoms with Crippen molar-refractivity contribution < 1.29 is 28.7 Å². The predicted octanol–water partition coefficient (Wildman–Crippen LogP) is 3.02. The van der Waals surface area contributed by atoms with Gasteiger partial charge in [0.25, 0.3) is 5.91 Å². The molecule has 1 aliphatic heterocycles. The summed E-state index contributed by atoms with van der Waals surface area (Å²) in [5.41, 5.74) is 4.40. The number of nitrogens with two attached hydrogens (primary N) is 1. The van der Waals surface area contributed by atoms with E-state index in [0.29, 0.717) is 26.7 Å². The number of hydrogen-bond donors (Lipinski definition) is 3.